The summed E-state index contributed by atoms with van der Waals surface area (Å²) < 4.78 is 17.9. The summed E-state index contributed by atoms with van der Waals surface area (Å²) in [5, 5.41) is 5.35. The fraction of sp³-hybridized carbons (Fsp3) is 0. The van der Waals surface area contributed by atoms with Crippen molar-refractivity contribution in [2.24, 2.45) is 0 Å². The Kier molecular flexibility index (Phi) is 6.53. The van der Waals surface area contributed by atoms with Crippen LogP contribution in [0.15, 0.2) is 182 Å². The van der Waals surface area contributed by atoms with Crippen molar-refractivity contribution in [1.82, 2.24) is 19.1 Å². The van der Waals surface area contributed by atoms with E-state index in [1.54, 1.807) is 0 Å². The Morgan fingerprint density at radius 2 is 1.07 bits per heavy atom. The first-order valence-corrected chi connectivity index (χ1v) is 18.7. The van der Waals surface area contributed by atoms with Gasteiger partial charge in [0.05, 0.1) is 27.8 Å². The molecule has 1 aliphatic heterocycles. The van der Waals surface area contributed by atoms with Gasteiger partial charge in [-0.1, -0.05) is 127 Å². The van der Waals surface area contributed by atoms with Crippen LogP contribution in [-0.2, 0) is 0 Å². The molecule has 6 nitrogen and oxygen atoms in total. The molecule has 0 saturated heterocycles. The van der Waals surface area contributed by atoms with Crippen LogP contribution in [0.2, 0.25) is 0 Å². The highest BCUT2D eigenvalue weighted by atomic mass is 16.6. The van der Waals surface area contributed by atoms with Crippen LogP contribution in [0, 0.1) is 0 Å². The molecule has 0 N–H and O–H groups in total. The maximum Gasteiger partial charge on any atom is 0.235 e. The van der Waals surface area contributed by atoms with E-state index in [1.165, 1.54) is 0 Å². The molecule has 6 heteroatoms. The van der Waals surface area contributed by atoms with Crippen molar-refractivity contribution in [3.05, 3.63) is 182 Å². The first-order valence-electron chi connectivity index (χ1n) is 18.7. The van der Waals surface area contributed by atoms with E-state index >= 15 is 0 Å². The molecule has 0 atom stereocenters. The number of fused-ring (bicyclic) bond motifs is 11. The second-order valence-corrected chi connectivity index (χ2v) is 14.2. The lowest BCUT2D eigenvalue weighted by molar-refractivity contribution is 0.362. The van der Waals surface area contributed by atoms with E-state index in [2.05, 4.69) is 137 Å². The molecule has 0 saturated carbocycles. The first-order chi connectivity index (χ1) is 27.8. The van der Waals surface area contributed by atoms with Gasteiger partial charge in [0.15, 0.2) is 23.0 Å². The summed E-state index contributed by atoms with van der Waals surface area (Å²) in [5.41, 5.74) is 10.1. The summed E-state index contributed by atoms with van der Waals surface area (Å²) >= 11 is 0. The molecule has 0 radical (unpaired) electrons. The van der Waals surface area contributed by atoms with Gasteiger partial charge in [-0.3, -0.25) is 4.57 Å². The Hall–Kier alpha value is -7.70. The Morgan fingerprint density at radius 1 is 0.393 bits per heavy atom. The van der Waals surface area contributed by atoms with E-state index in [1.807, 2.05) is 54.6 Å². The van der Waals surface area contributed by atoms with Crippen LogP contribution in [0.3, 0.4) is 0 Å². The summed E-state index contributed by atoms with van der Waals surface area (Å²) in [6.45, 7) is 0. The topological polar surface area (TPSA) is 54.1 Å². The molecule has 4 heterocycles. The average molecular weight is 719 g/mol. The predicted octanol–water partition coefficient (Wildman–Crippen LogP) is 13.1. The van der Waals surface area contributed by atoms with Crippen LogP contribution in [0.1, 0.15) is 0 Å². The van der Waals surface area contributed by atoms with Crippen LogP contribution in [0.5, 0.6) is 23.0 Å². The number of aromatic nitrogens is 4. The fourth-order valence-corrected chi connectivity index (χ4v) is 8.53. The van der Waals surface area contributed by atoms with E-state index in [-0.39, 0.29) is 0 Å². The number of hydrogen-bond donors (Lipinski definition) is 0. The van der Waals surface area contributed by atoms with Gasteiger partial charge in [0, 0.05) is 38.2 Å². The summed E-state index contributed by atoms with van der Waals surface area (Å²) in [5.74, 6) is 3.32. The lowest BCUT2D eigenvalue weighted by atomic mass is 10.1. The minimum Gasteiger partial charge on any atom is -0.449 e. The number of nitrogens with zero attached hydrogens (tertiary/aromatic N) is 4. The molecule has 0 fully saturated rings. The van der Waals surface area contributed by atoms with Crippen molar-refractivity contribution in [1.29, 1.82) is 0 Å². The third kappa shape index (κ3) is 4.50. The number of hydrogen-bond acceptors (Lipinski definition) is 4. The normalized spacial score (nSPS) is 12.2. The van der Waals surface area contributed by atoms with Gasteiger partial charge >= 0.3 is 0 Å². The zero-order valence-electron chi connectivity index (χ0n) is 29.9. The molecule has 0 unspecified atom stereocenters. The molecule has 0 aliphatic carbocycles. The van der Waals surface area contributed by atoms with Gasteiger partial charge in [0.1, 0.15) is 5.52 Å². The highest BCUT2D eigenvalue weighted by Gasteiger charge is 2.28. The molecule has 11 aromatic rings. The van der Waals surface area contributed by atoms with Gasteiger partial charge in [0.25, 0.3) is 0 Å². The second-order valence-electron chi connectivity index (χ2n) is 14.2. The first kappa shape index (κ1) is 30.7. The minimum absolute atomic E-state index is 0.611. The molecular weight excluding hydrogens is 689 g/mol. The maximum absolute atomic E-state index is 6.82. The van der Waals surface area contributed by atoms with Crippen molar-refractivity contribution >= 4 is 54.5 Å². The molecule has 1 aliphatic rings. The van der Waals surface area contributed by atoms with Crippen molar-refractivity contribution in [2.45, 2.75) is 0 Å². The summed E-state index contributed by atoms with van der Waals surface area (Å²) in [6, 6.07) is 62.9. The SMILES string of the molecule is c1ccc(-c2cccc(-n3c4ccc5c6ccccc6n(-c6nc(-c7ccccc7)c7ccccc7n6)c5c4c4ccc5c(c43)Oc3ccccc3O5)c2)cc1. The quantitative estimate of drug-likeness (QED) is 0.182. The smallest absolute Gasteiger partial charge is 0.235 e. The lowest BCUT2D eigenvalue weighted by Crippen LogP contribution is -2.03. The van der Waals surface area contributed by atoms with Gasteiger partial charge in [0.2, 0.25) is 5.95 Å². The van der Waals surface area contributed by atoms with Gasteiger partial charge < -0.3 is 14.0 Å². The third-order valence-corrected chi connectivity index (χ3v) is 11.0. The highest BCUT2D eigenvalue weighted by Crippen LogP contribution is 2.52. The van der Waals surface area contributed by atoms with Gasteiger partial charge in [-0.15, -0.1) is 0 Å². The fourth-order valence-electron chi connectivity index (χ4n) is 8.53. The number of ether oxygens (including phenoxy) is 2. The molecule has 56 heavy (non-hydrogen) atoms. The molecule has 8 aromatic carbocycles. The Bertz CT molecular complexity index is 3370. The molecular formula is C50H30N4O2. The number of rotatable bonds is 4. The zero-order chi connectivity index (χ0) is 36.7. The minimum atomic E-state index is 0.611. The zero-order valence-corrected chi connectivity index (χ0v) is 29.9. The highest BCUT2D eigenvalue weighted by molar-refractivity contribution is 6.27. The van der Waals surface area contributed by atoms with Crippen LogP contribution in [-0.4, -0.2) is 19.1 Å². The van der Waals surface area contributed by atoms with E-state index in [4.69, 9.17) is 19.4 Å². The van der Waals surface area contributed by atoms with E-state index in [9.17, 15) is 0 Å². The number of para-hydroxylation sites is 4. The average Bonchev–Trinajstić information content (AvgIpc) is 3.79. The van der Waals surface area contributed by atoms with E-state index in [0.717, 1.165) is 82.6 Å². The standard InChI is InChI=1S/C50H30N4O2/c1-3-14-31(15-4-1)33-18-13-19-34(30-33)53-41-28-26-36-35-20-8-10-23-40(35)54(50-51-39-22-9-7-21-37(39)46(52-50)32-16-5-2-6-17-32)47(36)45(41)38-27-29-44-49(48(38)53)56-43-25-12-11-24-42(43)55-44/h1-30H. The van der Waals surface area contributed by atoms with Crippen molar-refractivity contribution in [3.8, 4) is 57.0 Å². The van der Waals surface area contributed by atoms with Crippen molar-refractivity contribution in [3.63, 3.8) is 0 Å². The summed E-state index contributed by atoms with van der Waals surface area (Å²) in [6.07, 6.45) is 0. The van der Waals surface area contributed by atoms with Crippen LogP contribution in [0.25, 0.3) is 88.5 Å². The van der Waals surface area contributed by atoms with Crippen molar-refractivity contribution in [2.75, 3.05) is 0 Å². The van der Waals surface area contributed by atoms with E-state index in [0.29, 0.717) is 28.9 Å². The second kappa shape index (κ2) is 11.9. The summed E-state index contributed by atoms with van der Waals surface area (Å²) in [7, 11) is 0. The molecule has 0 amide bonds. The van der Waals surface area contributed by atoms with Gasteiger partial charge in [-0.25, -0.2) is 9.97 Å². The van der Waals surface area contributed by atoms with Gasteiger partial charge in [-0.05, 0) is 65.7 Å². The molecule has 262 valence electrons. The molecule has 0 bridgehead atoms. The van der Waals surface area contributed by atoms with Crippen molar-refractivity contribution < 1.29 is 9.47 Å². The van der Waals surface area contributed by atoms with Crippen LogP contribution in [0.4, 0.5) is 0 Å². The van der Waals surface area contributed by atoms with Gasteiger partial charge in [-0.2, -0.15) is 0 Å². The van der Waals surface area contributed by atoms with Crippen LogP contribution < -0.4 is 9.47 Å². The van der Waals surface area contributed by atoms with Crippen LogP contribution >= 0.6 is 0 Å². The van der Waals surface area contributed by atoms with E-state index < -0.39 is 0 Å². The Morgan fingerprint density at radius 3 is 1.91 bits per heavy atom. The monoisotopic (exact) mass is 718 g/mol. The number of benzene rings is 8. The predicted molar refractivity (Wildman–Crippen MR) is 226 cm³/mol. The third-order valence-electron chi connectivity index (χ3n) is 11.0. The Balaban J connectivity index is 1.23. The Labute approximate surface area is 321 Å². The molecule has 12 rings (SSSR count). The molecule has 0 spiro atoms. The summed E-state index contributed by atoms with van der Waals surface area (Å²) in [4.78, 5) is 10.7. The maximum atomic E-state index is 6.82. The molecule has 3 aromatic heterocycles. The largest absolute Gasteiger partial charge is 0.449 e. The lowest BCUT2D eigenvalue weighted by Gasteiger charge is -2.22.